The predicted molar refractivity (Wildman–Crippen MR) is 79.5 cm³/mol. The normalized spacial score (nSPS) is 21.8. The van der Waals surface area contributed by atoms with Crippen molar-refractivity contribution in [2.45, 2.75) is 25.7 Å². The van der Waals surface area contributed by atoms with Crippen LogP contribution in [0, 0.1) is 6.92 Å². The van der Waals surface area contributed by atoms with Crippen LogP contribution in [0.2, 0.25) is 0 Å². The summed E-state index contributed by atoms with van der Waals surface area (Å²) in [7, 11) is 0. The van der Waals surface area contributed by atoms with E-state index >= 15 is 0 Å². The Morgan fingerprint density at radius 3 is 2.52 bits per heavy atom. The Morgan fingerprint density at radius 2 is 1.86 bits per heavy atom. The van der Waals surface area contributed by atoms with Crippen molar-refractivity contribution in [2.75, 3.05) is 4.90 Å². The molecular formula is C16H17N3O2. The fourth-order valence-electron chi connectivity index (χ4n) is 2.49. The van der Waals surface area contributed by atoms with E-state index in [0.29, 0.717) is 12.1 Å². The van der Waals surface area contributed by atoms with Crippen molar-refractivity contribution < 1.29 is 9.90 Å². The summed E-state index contributed by atoms with van der Waals surface area (Å²) < 4.78 is 0. The molecule has 21 heavy (non-hydrogen) atoms. The van der Waals surface area contributed by atoms with Crippen LogP contribution < -0.4 is 10.2 Å². The number of benzene rings is 1. The smallest absolute Gasteiger partial charge is 0.247 e. The maximum Gasteiger partial charge on any atom is 0.247 e. The third kappa shape index (κ3) is 2.79. The topological polar surface area (TPSA) is 65.5 Å². The zero-order chi connectivity index (χ0) is 14.8. The zero-order valence-corrected chi connectivity index (χ0v) is 11.7. The van der Waals surface area contributed by atoms with Crippen LogP contribution in [0.5, 0.6) is 0 Å². The minimum Gasteiger partial charge on any atom is -0.360 e. The molecule has 1 aromatic carbocycles. The Hall–Kier alpha value is -2.24. The second kappa shape index (κ2) is 5.63. The summed E-state index contributed by atoms with van der Waals surface area (Å²) in [5.41, 5.74) is 2.82. The molecule has 2 N–H and O–H groups in total. The molecule has 2 heterocycles. The van der Waals surface area contributed by atoms with Crippen molar-refractivity contribution in [1.82, 2.24) is 10.3 Å². The molecule has 0 spiro atoms. The fraction of sp³-hybridized carbons (Fsp3) is 0.250. The van der Waals surface area contributed by atoms with Crippen molar-refractivity contribution in [1.29, 1.82) is 0 Å². The maximum absolute atomic E-state index is 12.5. The summed E-state index contributed by atoms with van der Waals surface area (Å²) in [6.07, 6.45) is 2.93. The fourth-order valence-corrected chi connectivity index (χ4v) is 2.49. The average Bonchev–Trinajstić information content (AvgIpc) is 2.76. The van der Waals surface area contributed by atoms with E-state index in [2.05, 4.69) is 10.3 Å². The number of hydrogen-bond donors (Lipinski definition) is 2. The van der Waals surface area contributed by atoms with Crippen molar-refractivity contribution in [2.24, 2.45) is 0 Å². The maximum atomic E-state index is 12.5. The quantitative estimate of drug-likeness (QED) is 0.889. The van der Waals surface area contributed by atoms with Gasteiger partial charge in [0.15, 0.2) is 6.35 Å². The molecule has 5 nitrogen and oxygen atoms in total. The summed E-state index contributed by atoms with van der Waals surface area (Å²) in [4.78, 5) is 17.8. The second-order valence-corrected chi connectivity index (χ2v) is 5.20. The van der Waals surface area contributed by atoms with Gasteiger partial charge in [-0.1, -0.05) is 17.7 Å². The van der Waals surface area contributed by atoms with Gasteiger partial charge in [-0.25, -0.2) is 0 Å². The summed E-state index contributed by atoms with van der Waals surface area (Å²) in [6.45, 7) is 1.98. The Balaban J connectivity index is 1.79. The van der Waals surface area contributed by atoms with Gasteiger partial charge in [0.25, 0.3) is 0 Å². The van der Waals surface area contributed by atoms with E-state index in [1.807, 2.05) is 43.3 Å². The molecule has 0 aliphatic carbocycles. The van der Waals surface area contributed by atoms with E-state index in [0.717, 1.165) is 11.1 Å². The number of aromatic nitrogens is 1. The van der Waals surface area contributed by atoms with Crippen molar-refractivity contribution >= 4 is 11.6 Å². The van der Waals surface area contributed by atoms with Crippen molar-refractivity contribution in [3.05, 3.63) is 59.9 Å². The molecule has 1 aliphatic rings. The van der Waals surface area contributed by atoms with E-state index in [1.54, 1.807) is 12.4 Å². The van der Waals surface area contributed by atoms with E-state index in [-0.39, 0.29) is 5.91 Å². The molecule has 1 saturated heterocycles. The standard InChI is InChI=1S/C16H17N3O2/c1-11-2-4-13(5-3-11)19-15(20)14(18-16(19)21)10-12-6-8-17-9-7-12/h2-9,14,16,18,21H,10H2,1H3. The third-order valence-corrected chi connectivity index (χ3v) is 3.63. The lowest BCUT2D eigenvalue weighted by Crippen LogP contribution is -2.37. The number of aliphatic hydroxyl groups excluding tert-OH is 1. The molecule has 2 atom stereocenters. The molecule has 2 aromatic rings. The van der Waals surface area contributed by atoms with Crippen molar-refractivity contribution in [3.63, 3.8) is 0 Å². The molecule has 2 unspecified atom stereocenters. The highest BCUT2D eigenvalue weighted by atomic mass is 16.3. The number of rotatable bonds is 3. The van der Waals surface area contributed by atoms with E-state index in [9.17, 15) is 9.90 Å². The van der Waals surface area contributed by atoms with Gasteiger partial charge in [-0.15, -0.1) is 0 Å². The predicted octanol–water partition coefficient (Wildman–Crippen LogP) is 1.21. The number of carbonyl (C=O) groups is 1. The number of amides is 1. The molecule has 0 saturated carbocycles. The molecule has 1 aromatic heterocycles. The number of carbonyl (C=O) groups excluding carboxylic acids is 1. The highest BCUT2D eigenvalue weighted by Gasteiger charge is 2.38. The highest BCUT2D eigenvalue weighted by molar-refractivity contribution is 5.99. The summed E-state index contributed by atoms with van der Waals surface area (Å²) >= 11 is 0. The van der Waals surface area contributed by atoms with Crippen molar-refractivity contribution in [3.8, 4) is 0 Å². The van der Waals surface area contributed by atoms with Crippen LogP contribution in [0.25, 0.3) is 0 Å². The lowest BCUT2D eigenvalue weighted by molar-refractivity contribution is -0.118. The van der Waals surface area contributed by atoms with E-state index in [4.69, 9.17) is 0 Å². The molecule has 0 radical (unpaired) electrons. The average molecular weight is 283 g/mol. The Bertz CT molecular complexity index is 628. The Morgan fingerprint density at radius 1 is 1.19 bits per heavy atom. The van der Waals surface area contributed by atoms with E-state index < -0.39 is 12.4 Å². The molecule has 108 valence electrons. The van der Waals surface area contributed by atoms with Crippen LogP contribution in [-0.2, 0) is 11.2 Å². The largest absolute Gasteiger partial charge is 0.360 e. The van der Waals surface area contributed by atoms with Gasteiger partial charge >= 0.3 is 0 Å². The number of nitrogens with zero attached hydrogens (tertiary/aromatic N) is 2. The van der Waals surface area contributed by atoms with Gasteiger partial charge in [0.2, 0.25) is 5.91 Å². The van der Waals surface area contributed by atoms with Crippen LogP contribution in [0.15, 0.2) is 48.8 Å². The van der Waals surface area contributed by atoms with Crippen LogP contribution in [0.3, 0.4) is 0 Å². The van der Waals surface area contributed by atoms with Gasteiger partial charge in [-0.2, -0.15) is 0 Å². The Kier molecular flexibility index (Phi) is 3.68. The lowest BCUT2D eigenvalue weighted by atomic mass is 10.1. The van der Waals surface area contributed by atoms with Crippen LogP contribution in [-0.4, -0.2) is 28.4 Å². The molecule has 5 heteroatoms. The number of hydrogen-bond acceptors (Lipinski definition) is 4. The van der Waals surface area contributed by atoms with Gasteiger partial charge in [0, 0.05) is 18.1 Å². The summed E-state index contributed by atoms with van der Waals surface area (Å²) in [5.74, 6) is -0.122. The first-order chi connectivity index (χ1) is 10.1. The number of aliphatic hydroxyl groups is 1. The van der Waals surface area contributed by atoms with Crippen LogP contribution in [0.1, 0.15) is 11.1 Å². The number of pyridine rings is 1. The van der Waals surface area contributed by atoms with E-state index in [1.165, 1.54) is 4.90 Å². The van der Waals surface area contributed by atoms with Crippen LogP contribution in [0.4, 0.5) is 5.69 Å². The number of anilines is 1. The highest BCUT2D eigenvalue weighted by Crippen LogP contribution is 2.22. The monoisotopic (exact) mass is 283 g/mol. The SMILES string of the molecule is Cc1ccc(N2C(=O)C(Cc3ccncc3)NC2O)cc1. The van der Waals surface area contributed by atoms with Gasteiger partial charge in [0.1, 0.15) is 0 Å². The molecule has 0 bridgehead atoms. The molecule has 1 fully saturated rings. The van der Waals surface area contributed by atoms with Crippen LogP contribution >= 0.6 is 0 Å². The molecule has 3 rings (SSSR count). The summed E-state index contributed by atoms with van der Waals surface area (Å²) in [5, 5.41) is 13.0. The molecule has 1 aliphatic heterocycles. The zero-order valence-electron chi connectivity index (χ0n) is 11.7. The third-order valence-electron chi connectivity index (χ3n) is 3.63. The van der Waals surface area contributed by atoms with Gasteiger partial charge < -0.3 is 5.11 Å². The summed E-state index contributed by atoms with van der Waals surface area (Å²) in [6, 6.07) is 10.8. The van der Waals surface area contributed by atoms with Gasteiger partial charge in [-0.05, 0) is 43.2 Å². The Labute approximate surface area is 123 Å². The van der Waals surface area contributed by atoms with Gasteiger partial charge in [0.05, 0.1) is 6.04 Å². The molecular weight excluding hydrogens is 266 g/mol. The minimum atomic E-state index is -0.993. The first kappa shape index (κ1) is 13.7. The molecule has 1 amide bonds. The number of aryl methyl sites for hydroxylation is 1. The minimum absolute atomic E-state index is 0.122. The first-order valence-electron chi connectivity index (χ1n) is 6.88. The number of nitrogens with one attached hydrogen (secondary N) is 1. The second-order valence-electron chi connectivity index (χ2n) is 5.20. The van der Waals surface area contributed by atoms with Gasteiger partial charge in [-0.3, -0.25) is 20.0 Å². The first-order valence-corrected chi connectivity index (χ1v) is 6.88. The lowest BCUT2D eigenvalue weighted by Gasteiger charge is -2.19.